The van der Waals surface area contributed by atoms with Crippen LogP contribution >= 0.6 is 24.0 Å². The Morgan fingerprint density at radius 3 is 2.95 bits per heavy atom. The molecule has 1 spiro atoms. The summed E-state index contributed by atoms with van der Waals surface area (Å²) in [6, 6.07) is 2.49. The SMILES string of the molecule is CN=C(NCc1ccoc1)NC1C2CCOC2C12CCC2.I. The maximum absolute atomic E-state index is 5.96. The predicted octanol–water partition coefficient (Wildman–Crippen LogP) is 2.52. The van der Waals surface area contributed by atoms with E-state index in [4.69, 9.17) is 9.15 Å². The van der Waals surface area contributed by atoms with Crippen molar-refractivity contribution in [2.24, 2.45) is 16.3 Å². The van der Waals surface area contributed by atoms with Gasteiger partial charge in [0.15, 0.2) is 5.96 Å². The van der Waals surface area contributed by atoms with E-state index < -0.39 is 0 Å². The van der Waals surface area contributed by atoms with Gasteiger partial charge in [0.25, 0.3) is 0 Å². The number of ether oxygens (including phenoxy) is 1. The van der Waals surface area contributed by atoms with Crippen molar-refractivity contribution < 1.29 is 9.15 Å². The van der Waals surface area contributed by atoms with Gasteiger partial charge in [-0.2, -0.15) is 0 Å². The molecule has 1 aromatic heterocycles. The second-order valence-electron chi connectivity index (χ2n) is 6.51. The lowest BCUT2D eigenvalue weighted by atomic mass is 9.46. The maximum Gasteiger partial charge on any atom is 0.191 e. The molecule has 122 valence electrons. The summed E-state index contributed by atoms with van der Waals surface area (Å²) in [7, 11) is 1.83. The molecule has 0 bridgehead atoms. The van der Waals surface area contributed by atoms with Gasteiger partial charge in [-0.25, -0.2) is 0 Å². The molecule has 0 amide bonds. The van der Waals surface area contributed by atoms with Gasteiger partial charge in [0.05, 0.1) is 18.6 Å². The Labute approximate surface area is 148 Å². The number of halogens is 1. The van der Waals surface area contributed by atoms with Crippen LogP contribution < -0.4 is 10.6 Å². The highest BCUT2D eigenvalue weighted by atomic mass is 127. The largest absolute Gasteiger partial charge is 0.472 e. The van der Waals surface area contributed by atoms with Crippen LogP contribution in [0.25, 0.3) is 0 Å². The Bertz CT molecular complexity index is 528. The number of rotatable bonds is 3. The van der Waals surface area contributed by atoms with Crippen LogP contribution in [0.1, 0.15) is 31.2 Å². The van der Waals surface area contributed by atoms with Gasteiger partial charge < -0.3 is 19.8 Å². The summed E-state index contributed by atoms with van der Waals surface area (Å²) in [5, 5.41) is 7.03. The molecule has 22 heavy (non-hydrogen) atoms. The summed E-state index contributed by atoms with van der Waals surface area (Å²) in [6.45, 7) is 1.66. The third-order valence-electron chi connectivity index (χ3n) is 5.59. The maximum atomic E-state index is 5.96. The zero-order valence-corrected chi connectivity index (χ0v) is 15.2. The van der Waals surface area contributed by atoms with Gasteiger partial charge in [-0.3, -0.25) is 4.99 Å². The molecule has 0 radical (unpaired) electrons. The van der Waals surface area contributed by atoms with E-state index in [1.54, 1.807) is 12.5 Å². The molecule has 2 aliphatic carbocycles. The quantitative estimate of drug-likeness (QED) is 0.451. The van der Waals surface area contributed by atoms with Crippen molar-refractivity contribution in [1.82, 2.24) is 10.6 Å². The molecule has 1 saturated heterocycles. The highest BCUT2D eigenvalue weighted by molar-refractivity contribution is 14.0. The minimum atomic E-state index is 0. The average molecular weight is 417 g/mol. The van der Waals surface area contributed by atoms with Crippen molar-refractivity contribution >= 4 is 29.9 Å². The summed E-state index contributed by atoms with van der Waals surface area (Å²) >= 11 is 0. The topological polar surface area (TPSA) is 58.8 Å². The molecule has 1 aliphatic heterocycles. The van der Waals surface area contributed by atoms with E-state index >= 15 is 0 Å². The van der Waals surface area contributed by atoms with Crippen molar-refractivity contribution in [3.8, 4) is 0 Å². The molecule has 2 heterocycles. The normalized spacial score (nSPS) is 31.7. The summed E-state index contributed by atoms with van der Waals surface area (Å²) in [4.78, 5) is 4.37. The van der Waals surface area contributed by atoms with E-state index in [-0.39, 0.29) is 24.0 Å². The van der Waals surface area contributed by atoms with Gasteiger partial charge in [-0.15, -0.1) is 24.0 Å². The van der Waals surface area contributed by atoms with E-state index in [0.29, 0.717) is 23.5 Å². The number of fused-ring (bicyclic) bond motifs is 2. The lowest BCUT2D eigenvalue weighted by Crippen LogP contribution is -2.72. The van der Waals surface area contributed by atoms with Crippen LogP contribution in [0, 0.1) is 11.3 Å². The number of nitrogens with zero attached hydrogens (tertiary/aromatic N) is 1. The van der Waals surface area contributed by atoms with Crippen LogP contribution in [0.4, 0.5) is 0 Å². The van der Waals surface area contributed by atoms with Gasteiger partial charge >= 0.3 is 0 Å². The van der Waals surface area contributed by atoms with E-state index in [9.17, 15) is 0 Å². The number of guanidine groups is 1. The van der Waals surface area contributed by atoms with Crippen LogP contribution in [-0.4, -0.2) is 31.8 Å². The van der Waals surface area contributed by atoms with Crippen molar-refractivity contribution in [2.45, 2.75) is 44.4 Å². The highest BCUT2D eigenvalue weighted by Crippen LogP contribution is 2.62. The second-order valence-corrected chi connectivity index (χ2v) is 6.51. The second kappa shape index (κ2) is 6.39. The van der Waals surface area contributed by atoms with Gasteiger partial charge in [0.1, 0.15) is 0 Å². The molecule has 3 atom stereocenters. The fourth-order valence-electron chi connectivity index (χ4n) is 4.38. The standard InChI is InChI=1S/C16H23N3O2.HI/c1-17-15(18-9-11-3-7-20-10-11)19-13-12-4-8-21-14(12)16(13)5-2-6-16;/h3,7,10,12-14H,2,4-6,8-9H2,1H3,(H2,17,18,19);1H. The highest BCUT2D eigenvalue weighted by Gasteiger charge is 2.66. The monoisotopic (exact) mass is 417 g/mol. The first kappa shape index (κ1) is 16.1. The van der Waals surface area contributed by atoms with E-state index in [0.717, 1.165) is 24.7 Å². The number of nitrogens with one attached hydrogen (secondary N) is 2. The van der Waals surface area contributed by atoms with Crippen LogP contribution in [-0.2, 0) is 11.3 Å². The Morgan fingerprint density at radius 2 is 2.32 bits per heavy atom. The van der Waals surface area contributed by atoms with Crippen LogP contribution in [0.2, 0.25) is 0 Å². The Hall–Kier alpha value is -0.760. The molecule has 3 aliphatic rings. The molecule has 2 N–H and O–H groups in total. The first-order chi connectivity index (χ1) is 10.3. The summed E-state index contributed by atoms with van der Waals surface area (Å²) in [6.07, 6.45) is 9.07. The number of furan rings is 1. The minimum Gasteiger partial charge on any atom is -0.472 e. The number of aliphatic imine (C=N–C) groups is 1. The fourth-order valence-corrected chi connectivity index (χ4v) is 4.38. The molecule has 0 aromatic carbocycles. The van der Waals surface area contributed by atoms with Crippen molar-refractivity contribution in [1.29, 1.82) is 0 Å². The molecule has 5 nitrogen and oxygen atoms in total. The summed E-state index contributed by atoms with van der Waals surface area (Å²) < 4.78 is 11.1. The Kier molecular flexibility index (Phi) is 4.68. The molecule has 3 fully saturated rings. The fraction of sp³-hybridized carbons (Fsp3) is 0.688. The molecule has 4 rings (SSSR count). The van der Waals surface area contributed by atoms with Gasteiger partial charge in [-0.05, 0) is 25.3 Å². The first-order valence-corrected chi connectivity index (χ1v) is 7.93. The molecular formula is C16H24IN3O2. The molecule has 6 heteroatoms. The summed E-state index contributed by atoms with van der Waals surface area (Å²) in [5.41, 5.74) is 1.51. The van der Waals surface area contributed by atoms with Crippen molar-refractivity contribution in [3.63, 3.8) is 0 Å². The van der Waals surface area contributed by atoms with Crippen molar-refractivity contribution in [3.05, 3.63) is 24.2 Å². The van der Waals surface area contributed by atoms with Crippen LogP contribution in [0.15, 0.2) is 28.0 Å². The molecule has 1 aromatic rings. The van der Waals surface area contributed by atoms with E-state index in [1.807, 2.05) is 13.1 Å². The van der Waals surface area contributed by atoms with Crippen LogP contribution in [0.3, 0.4) is 0 Å². The Balaban J connectivity index is 0.00000144. The predicted molar refractivity (Wildman–Crippen MR) is 95.4 cm³/mol. The minimum absolute atomic E-state index is 0. The van der Waals surface area contributed by atoms with Gasteiger partial charge in [0.2, 0.25) is 0 Å². The van der Waals surface area contributed by atoms with E-state index in [1.165, 1.54) is 25.7 Å². The number of hydrogen-bond acceptors (Lipinski definition) is 3. The lowest BCUT2D eigenvalue weighted by Gasteiger charge is -2.63. The number of hydrogen-bond donors (Lipinski definition) is 2. The van der Waals surface area contributed by atoms with Gasteiger partial charge in [0, 0.05) is 43.1 Å². The smallest absolute Gasteiger partial charge is 0.191 e. The summed E-state index contributed by atoms with van der Waals surface area (Å²) in [5.74, 6) is 1.55. The molecule has 2 saturated carbocycles. The van der Waals surface area contributed by atoms with Gasteiger partial charge in [-0.1, -0.05) is 6.42 Å². The third-order valence-corrected chi connectivity index (χ3v) is 5.59. The van der Waals surface area contributed by atoms with Crippen LogP contribution in [0.5, 0.6) is 0 Å². The molecular weight excluding hydrogens is 393 g/mol. The lowest BCUT2D eigenvalue weighted by molar-refractivity contribution is -0.171. The molecule has 3 unspecified atom stereocenters. The average Bonchev–Trinajstić information content (AvgIpc) is 3.08. The van der Waals surface area contributed by atoms with Crippen molar-refractivity contribution in [2.75, 3.05) is 13.7 Å². The zero-order valence-electron chi connectivity index (χ0n) is 12.9. The third kappa shape index (κ3) is 2.44. The van der Waals surface area contributed by atoms with E-state index in [2.05, 4.69) is 15.6 Å². The first-order valence-electron chi connectivity index (χ1n) is 7.93. The Morgan fingerprint density at radius 1 is 1.45 bits per heavy atom. The zero-order chi connectivity index (χ0) is 14.3.